The predicted octanol–water partition coefficient (Wildman–Crippen LogP) is 4.97. The van der Waals surface area contributed by atoms with Crippen molar-refractivity contribution in [1.29, 1.82) is 0 Å². The van der Waals surface area contributed by atoms with Crippen molar-refractivity contribution in [2.75, 3.05) is 13.4 Å². The first kappa shape index (κ1) is 21.9. The van der Waals surface area contributed by atoms with Gasteiger partial charge in [-0.25, -0.2) is 9.59 Å². The third kappa shape index (κ3) is 6.33. The molecule has 0 bridgehead atoms. The van der Waals surface area contributed by atoms with Crippen LogP contribution in [0.2, 0.25) is 0 Å². The Morgan fingerprint density at radius 3 is 2.06 bits per heavy atom. The molecule has 0 N–H and O–H groups in total. The summed E-state index contributed by atoms with van der Waals surface area (Å²) in [6.45, 7) is -0.0230. The minimum absolute atomic E-state index is 0.127. The Balaban J connectivity index is 1.44. The van der Waals surface area contributed by atoms with Crippen LogP contribution >= 0.6 is 0 Å². The molecule has 1 atom stereocenters. The van der Waals surface area contributed by atoms with E-state index in [4.69, 9.17) is 18.9 Å². The molecule has 0 fully saturated rings. The Labute approximate surface area is 191 Å². The Kier molecular flexibility index (Phi) is 7.18. The van der Waals surface area contributed by atoms with Crippen molar-refractivity contribution < 1.29 is 28.5 Å². The number of carbonyl (C=O) groups is 2. The second-order valence-corrected chi connectivity index (χ2v) is 7.16. The smallest absolute Gasteiger partial charge is 0.331 e. The van der Waals surface area contributed by atoms with Gasteiger partial charge >= 0.3 is 11.9 Å². The van der Waals surface area contributed by atoms with Gasteiger partial charge in [0.05, 0.1) is 0 Å². The first-order valence-corrected chi connectivity index (χ1v) is 10.4. The van der Waals surface area contributed by atoms with E-state index in [1.54, 1.807) is 30.4 Å². The SMILES string of the molecule is O=C(/C=C/c1ccccc1)OCC(OC(=O)/C=C/c1ccccc1)c1ccc2c(c1)OCO2. The van der Waals surface area contributed by atoms with Crippen molar-refractivity contribution in [3.63, 3.8) is 0 Å². The van der Waals surface area contributed by atoms with Crippen LogP contribution in [0.3, 0.4) is 0 Å². The zero-order valence-corrected chi connectivity index (χ0v) is 17.8. The highest BCUT2D eigenvalue weighted by Crippen LogP contribution is 2.35. The minimum atomic E-state index is -0.818. The maximum atomic E-state index is 12.5. The monoisotopic (exact) mass is 442 g/mol. The predicted molar refractivity (Wildman–Crippen MR) is 123 cm³/mol. The van der Waals surface area contributed by atoms with E-state index in [9.17, 15) is 9.59 Å². The van der Waals surface area contributed by atoms with Crippen LogP contribution < -0.4 is 9.47 Å². The molecule has 1 aliphatic heterocycles. The number of fused-ring (bicyclic) bond motifs is 1. The minimum Gasteiger partial charge on any atom is -0.458 e. The van der Waals surface area contributed by atoms with Crippen molar-refractivity contribution in [3.8, 4) is 11.5 Å². The first-order chi connectivity index (χ1) is 16.2. The summed E-state index contributed by atoms with van der Waals surface area (Å²) in [5.41, 5.74) is 2.37. The van der Waals surface area contributed by atoms with Gasteiger partial charge in [0.15, 0.2) is 17.6 Å². The van der Waals surface area contributed by atoms with Gasteiger partial charge in [0, 0.05) is 12.2 Å². The van der Waals surface area contributed by atoms with Gasteiger partial charge in [0.1, 0.15) is 6.61 Å². The molecule has 3 aromatic carbocycles. The molecule has 3 aromatic rings. The van der Waals surface area contributed by atoms with Crippen LogP contribution in [0, 0.1) is 0 Å². The van der Waals surface area contributed by atoms with Crippen LogP contribution in [-0.2, 0) is 19.1 Å². The summed E-state index contributed by atoms with van der Waals surface area (Å²) >= 11 is 0. The quantitative estimate of drug-likeness (QED) is 0.362. The van der Waals surface area contributed by atoms with E-state index < -0.39 is 18.0 Å². The summed E-state index contributed by atoms with van der Waals surface area (Å²) < 4.78 is 21.7. The maximum absolute atomic E-state index is 12.5. The number of benzene rings is 3. The summed E-state index contributed by atoms with van der Waals surface area (Å²) in [4.78, 5) is 24.7. The van der Waals surface area contributed by atoms with Gasteiger partial charge in [-0.3, -0.25) is 0 Å². The number of hydrogen-bond donors (Lipinski definition) is 0. The van der Waals surface area contributed by atoms with E-state index in [0.717, 1.165) is 11.1 Å². The lowest BCUT2D eigenvalue weighted by Crippen LogP contribution is -2.17. The fourth-order valence-corrected chi connectivity index (χ4v) is 3.15. The molecule has 0 spiro atoms. The fraction of sp³-hybridized carbons (Fsp3) is 0.111. The molecule has 0 saturated carbocycles. The molecular weight excluding hydrogens is 420 g/mol. The van der Waals surface area contributed by atoms with Gasteiger partial charge in [-0.05, 0) is 41.0 Å². The lowest BCUT2D eigenvalue weighted by Gasteiger charge is -2.17. The highest BCUT2D eigenvalue weighted by Gasteiger charge is 2.22. The molecule has 6 heteroatoms. The largest absolute Gasteiger partial charge is 0.458 e. The van der Waals surface area contributed by atoms with Crippen LogP contribution in [0.1, 0.15) is 22.8 Å². The molecule has 0 saturated heterocycles. The Hall–Kier alpha value is -4.32. The van der Waals surface area contributed by atoms with Crippen molar-refractivity contribution in [3.05, 3.63) is 108 Å². The summed E-state index contributed by atoms with van der Waals surface area (Å²) in [6, 6.07) is 24.0. The average Bonchev–Trinajstić information content (AvgIpc) is 3.33. The average molecular weight is 442 g/mol. The lowest BCUT2D eigenvalue weighted by molar-refractivity contribution is -0.153. The normalized spacial score (nSPS) is 13.2. The molecule has 1 heterocycles. The standard InChI is InChI=1S/C27H22O6/c28-26(15-11-20-7-3-1-4-8-20)30-18-25(22-13-14-23-24(17-22)32-19-31-23)33-27(29)16-12-21-9-5-2-6-10-21/h1-17,25H,18-19H2/b15-11+,16-12+. The lowest BCUT2D eigenvalue weighted by atomic mass is 10.1. The fourth-order valence-electron chi connectivity index (χ4n) is 3.15. The number of esters is 2. The Morgan fingerprint density at radius 1 is 0.788 bits per heavy atom. The molecular formula is C27H22O6. The molecule has 166 valence electrons. The highest BCUT2D eigenvalue weighted by atomic mass is 16.7. The summed E-state index contributed by atoms with van der Waals surface area (Å²) in [5.74, 6) is 0.0529. The number of rotatable bonds is 8. The summed E-state index contributed by atoms with van der Waals surface area (Å²) in [6.07, 6.45) is 5.18. The second-order valence-electron chi connectivity index (χ2n) is 7.16. The second kappa shape index (κ2) is 10.8. The van der Waals surface area contributed by atoms with Gasteiger partial charge in [0.2, 0.25) is 6.79 Å². The molecule has 1 aliphatic rings. The van der Waals surface area contributed by atoms with Gasteiger partial charge < -0.3 is 18.9 Å². The molecule has 6 nitrogen and oxygen atoms in total. The Morgan fingerprint density at radius 2 is 1.39 bits per heavy atom. The van der Waals surface area contributed by atoms with Gasteiger partial charge in [-0.15, -0.1) is 0 Å². The summed E-state index contributed by atoms with van der Waals surface area (Å²) in [7, 11) is 0. The van der Waals surface area contributed by atoms with Crippen molar-refractivity contribution in [1.82, 2.24) is 0 Å². The molecule has 4 rings (SSSR count). The topological polar surface area (TPSA) is 71.1 Å². The van der Waals surface area contributed by atoms with Crippen LogP contribution in [0.25, 0.3) is 12.2 Å². The van der Waals surface area contributed by atoms with E-state index >= 15 is 0 Å². The van der Waals surface area contributed by atoms with E-state index in [1.807, 2.05) is 60.7 Å². The number of hydrogen-bond acceptors (Lipinski definition) is 6. The van der Waals surface area contributed by atoms with Gasteiger partial charge in [-0.2, -0.15) is 0 Å². The van der Waals surface area contributed by atoms with E-state index in [1.165, 1.54) is 12.2 Å². The molecule has 33 heavy (non-hydrogen) atoms. The van der Waals surface area contributed by atoms with Crippen LogP contribution in [-0.4, -0.2) is 25.3 Å². The molecule has 1 unspecified atom stereocenters. The van der Waals surface area contributed by atoms with Crippen molar-refractivity contribution in [2.45, 2.75) is 6.10 Å². The molecule has 0 aliphatic carbocycles. The Bertz CT molecular complexity index is 1150. The van der Waals surface area contributed by atoms with E-state index in [2.05, 4.69) is 0 Å². The first-order valence-electron chi connectivity index (χ1n) is 10.4. The zero-order valence-electron chi connectivity index (χ0n) is 17.8. The molecule has 0 amide bonds. The van der Waals surface area contributed by atoms with Crippen LogP contribution in [0.5, 0.6) is 11.5 Å². The van der Waals surface area contributed by atoms with Crippen molar-refractivity contribution >= 4 is 24.1 Å². The van der Waals surface area contributed by atoms with Crippen molar-refractivity contribution in [2.24, 2.45) is 0 Å². The van der Waals surface area contributed by atoms with E-state index in [-0.39, 0.29) is 13.4 Å². The molecule has 0 radical (unpaired) electrons. The van der Waals surface area contributed by atoms with Gasteiger partial charge in [-0.1, -0.05) is 66.7 Å². The number of carbonyl (C=O) groups excluding carboxylic acids is 2. The summed E-state index contributed by atoms with van der Waals surface area (Å²) in [5, 5.41) is 0. The van der Waals surface area contributed by atoms with E-state index in [0.29, 0.717) is 17.1 Å². The maximum Gasteiger partial charge on any atom is 0.331 e. The molecule has 0 aromatic heterocycles. The zero-order chi connectivity index (χ0) is 22.9. The highest BCUT2D eigenvalue weighted by molar-refractivity contribution is 5.88. The number of ether oxygens (including phenoxy) is 4. The third-order valence-corrected chi connectivity index (χ3v) is 4.83. The van der Waals surface area contributed by atoms with Crippen LogP contribution in [0.15, 0.2) is 91.0 Å². The van der Waals surface area contributed by atoms with Gasteiger partial charge in [0.25, 0.3) is 0 Å². The van der Waals surface area contributed by atoms with Crippen LogP contribution in [0.4, 0.5) is 0 Å². The third-order valence-electron chi connectivity index (χ3n) is 4.83.